The van der Waals surface area contributed by atoms with Crippen LogP contribution in [0.1, 0.15) is 35.1 Å². The second kappa shape index (κ2) is 9.96. The number of hydrogen-bond acceptors (Lipinski definition) is 5. The number of amides is 1. The third kappa shape index (κ3) is 4.89. The van der Waals surface area contributed by atoms with E-state index in [1.807, 2.05) is 42.5 Å². The number of nitrogens with one attached hydrogen (secondary N) is 4. The lowest BCUT2D eigenvalue weighted by molar-refractivity contribution is -0.139. The highest BCUT2D eigenvalue weighted by molar-refractivity contribution is 6.36. The fourth-order valence-corrected chi connectivity index (χ4v) is 4.10. The number of anilines is 1. The molecule has 1 atom stereocenters. The third-order valence-corrected chi connectivity index (χ3v) is 5.94. The predicted molar refractivity (Wildman–Crippen MR) is 130 cm³/mol. The van der Waals surface area contributed by atoms with Crippen LogP contribution in [0.2, 0.25) is 0 Å². The van der Waals surface area contributed by atoms with Crippen molar-refractivity contribution in [3.63, 3.8) is 0 Å². The average Bonchev–Trinajstić information content (AvgIpc) is 3.36. The Balaban J connectivity index is 1.40. The summed E-state index contributed by atoms with van der Waals surface area (Å²) in [6.07, 6.45) is 1.07. The molecule has 34 heavy (non-hydrogen) atoms. The van der Waals surface area contributed by atoms with E-state index in [2.05, 4.69) is 16.0 Å². The highest BCUT2D eigenvalue weighted by Gasteiger charge is 2.32. The Labute approximate surface area is 198 Å². The van der Waals surface area contributed by atoms with Crippen molar-refractivity contribution in [3.05, 3.63) is 64.7 Å². The molecule has 2 aromatic rings. The Morgan fingerprint density at radius 2 is 2.03 bits per heavy atom. The van der Waals surface area contributed by atoms with Crippen LogP contribution in [0.5, 0.6) is 0 Å². The van der Waals surface area contributed by atoms with Crippen LogP contribution in [0.3, 0.4) is 0 Å². The molecule has 0 fully saturated rings. The first-order valence-electron chi connectivity index (χ1n) is 11.2. The van der Waals surface area contributed by atoms with Crippen molar-refractivity contribution < 1.29 is 19.4 Å². The number of carboxylic acid groups (broad SMARTS) is 1. The number of benzene rings is 2. The molecule has 178 valence electrons. The van der Waals surface area contributed by atoms with Crippen molar-refractivity contribution in [1.82, 2.24) is 15.5 Å². The number of nitrogens with zero attached hydrogens (tertiary/aromatic N) is 1. The zero-order chi connectivity index (χ0) is 24.2. The summed E-state index contributed by atoms with van der Waals surface area (Å²) in [6.45, 7) is 1.30. The van der Waals surface area contributed by atoms with Gasteiger partial charge in [0.2, 0.25) is 0 Å². The van der Waals surface area contributed by atoms with E-state index in [4.69, 9.17) is 10.1 Å². The molecule has 0 spiro atoms. The molecule has 4 rings (SSSR count). The number of ether oxygens (including phenoxy) is 1. The van der Waals surface area contributed by atoms with E-state index in [9.17, 15) is 14.7 Å². The highest BCUT2D eigenvalue weighted by atomic mass is 16.5. The second-order valence-corrected chi connectivity index (χ2v) is 8.57. The van der Waals surface area contributed by atoms with Gasteiger partial charge in [-0.3, -0.25) is 15.0 Å². The Kier molecular flexibility index (Phi) is 6.83. The fourth-order valence-electron chi connectivity index (χ4n) is 4.10. The lowest BCUT2D eigenvalue weighted by Gasteiger charge is -2.17. The number of carbonyl (C=O) groups excluding carboxylic acids is 1. The number of guanidine groups is 1. The quantitative estimate of drug-likeness (QED) is 0.176. The van der Waals surface area contributed by atoms with Gasteiger partial charge in [-0.1, -0.05) is 36.4 Å². The molecule has 9 heteroatoms. The number of aliphatic carboxylic acids is 1. The Hall–Kier alpha value is -3.85. The van der Waals surface area contributed by atoms with Crippen LogP contribution in [0.25, 0.3) is 11.3 Å². The van der Waals surface area contributed by atoms with Gasteiger partial charge in [-0.15, -0.1) is 0 Å². The van der Waals surface area contributed by atoms with Crippen molar-refractivity contribution in [1.29, 1.82) is 5.41 Å². The van der Waals surface area contributed by atoms with Crippen LogP contribution in [0.15, 0.2) is 42.5 Å². The lowest BCUT2D eigenvalue weighted by atomic mass is 9.99. The summed E-state index contributed by atoms with van der Waals surface area (Å²) < 4.78 is 5.93. The van der Waals surface area contributed by atoms with Gasteiger partial charge in [-0.05, 0) is 24.5 Å². The summed E-state index contributed by atoms with van der Waals surface area (Å²) in [6, 6.07) is 12.7. The molecule has 0 saturated heterocycles. The summed E-state index contributed by atoms with van der Waals surface area (Å²) in [7, 11) is 3.55. The van der Waals surface area contributed by atoms with Crippen LogP contribution in [-0.4, -0.2) is 54.5 Å². The minimum absolute atomic E-state index is 0.172. The molecular formula is C25H29N5O4. The minimum atomic E-state index is -0.898. The molecule has 2 aromatic carbocycles. The highest BCUT2D eigenvalue weighted by Crippen LogP contribution is 2.41. The molecule has 0 saturated carbocycles. The van der Waals surface area contributed by atoms with Crippen LogP contribution >= 0.6 is 0 Å². The number of carbonyl (C=O) groups is 2. The van der Waals surface area contributed by atoms with E-state index < -0.39 is 12.0 Å². The number of para-hydroxylation sites is 1. The summed E-state index contributed by atoms with van der Waals surface area (Å²) in [5.74, 6) is -0.191. The van der Waals surface area contributed by atoms with Gasteiger partial charge in [-0.25, -0.2) is 0 Å². The summed E-state index contributed by atoms with van der Waals surface area (Å²) >= 11 is 0. The molecule has 0 aromatic heterocycles. The molecule has 9 nitrogen and oxygen atoms in total. The first kappa shape index (κ1) is 23.3. The van der Waals surface area contributed by atoms with Crippen LogP contribution < -0.4 is 16.0 Å². The van der Waals surface area contributed by atoms with Gasteiger partial charge in [0.05, 0.1) is 5.57 Å². The van der Waals surface area contributed by atoms with Gasteiger partial charge < -0.3 is 30.7 Å². The van der Waals surface area contributed by atoms with Crippen molar-refractivity contribution in [2.24, 2.45) is 0 Å². The maximum absolute atomic E-state index is 12.6. The van der Waals surface area contributed by atoms with Gasteiger partial charge in [0.25, 0.3) is 5.91 Å². The normalized spacial score (nSPS) is 16.8. The molecule has 0 radical (unpaired) electrons. The van der Waals surface area contributed by atoms with Gasteiger partial charge in [-0.2, -0.15) is 0 Å². The predicted octanol–water partition coefficient (Wildman–Crippen LogP) is 2.45. The van der Waals surface area contributed by atoms with Gasteiger partial charge in [0, 0.05) is 49.6 Å². The maximum atomic E-state index is 12.6. The number of hydrogen-bond donors (Lipinski definition) is 5. The van der Waals surface area contributed by atoms with Gasteiger partial charge in [0.1, 0.15) is 18.4 Å². The first-order valence-corrected chi connectivity index (χ1v) is 11.2. The van der Waals surface area contributed by atoms with Crippen LogP contribution in [0, 0.1) is 5.41 Å². The van der Waals surface area contributed by atoms with E-state index in [-0.39, 0.29) is 5.91 Å². The van der Waals surface area contributed by atoms with Crippen molar-refractivity contribution >= 4 is 34.9 Å². The maximum Gasteiger partial charge on any atom is 0.320 e. The van der Waals surface area contributed by atoms with E-state index in [0.29, 0.717) is 49.8 Å². The average molecular weight is 464 g/mol. The standard InChI is InChI=1S/C25H29N5O4/c1-30(2)25(26)27-11-5-8-20(24(32)33)28-13-15-9-10-17-16(12-15)14-34-22(17)21-18-6-3-4-7-19(18)29-23(21)31/h3-4,6-7,9-10,12,20,28H,5,8,11,13-14H2,1-2H3,(H2,26,27)(H,29,31)(H,32,33)/b22-21+/t20-/m0/s1. The Morgan fingerprint density at radius 1 is 1.24 bits per heavy atom. The third-order valence-electron chi connectivity index (χ3n) is 5.94. The van der Waals surface area contributed by atoms with Gasteiger partial charge in [0.15, 0.2) is 5.96 Å². The monoisotopic (exact) mass is 463 g/mol. The van der Waals surface area contributed by atoms with E-state index in [1.165, 1.54) is 0 Å². The van der Waals surface area contributed by atoms with Crippen LogP contribution in [0.4, 0.5) is 5.69 Å². The lowest BCUT2D eigenvalue weighted by Crippen LogP contribution is -2.38. The number of rotatable bonds is 8. The molecule has 2 aliphatic rings. The zero-order valence-electron chi connectivity index (χ0n) is 19.3. The Bertz CT molecular complexity index is 1160. The second-order valence-electron chi connectivity index (χ2n) is 8.57. The molecule has 0 unspecified atom stereocenters. The van der Waals surface area contributed by atoms with Crippen LogP contribution in [-0.2, 0) is 27.5 Å². The summed E-state index contributed by atoms with van der Waals surface area (Å²) in [5, 5.41) is 26.3. The molecule has 5 N–H and O–H groups in total. The smallest absolute Gasteiger partial charge is 0.320 e. The molecule has 0 aliphatic carbocycles. The van der Waals surface area contributed by atoms with Crippen molar-refractivity contribution in [3.8, 4) is 0 Å². The zero-order valence-corrected chi connectivity index (χ0v) is 19.3. The van der Waals surface area contributed by atoms with E-state index >= 15 is 0 Å². The van der Waals surface area contributed by atoms with Crippen molar-refractivity contribution in [2.75, 3.05) is 26.0 Å². The van der Waals surface area contributed by atoms with Gasteiger partial charge >= 0.3 is 5.97 Å². The largest absolute Gasteiger partial charge is 0.487 e. The molecular weight excluding hydrogens is 434 g/mol. The molecule has 2 aliphatic heterocycles. The minimum Gasteiger partial charge on any atom is -0.487 e. The summed E-state index contributed by atoms with van der Waals surface area (Å²) in [5.41, 5.74) is 4.96. The van der Waals surface area contributed by atoms with Crippen molar-refractivity contribution in [2.45, 2.75) is 32.0 Å². The number of carboxylic acids is 1. The molecule has 2 heterocycles. The Morgan fingerprint density at radius 3 is 2.79 bits per heavy atom. The fraction of sp³-hybridized carbons (Fsp3) is 0.320. The summed E-state index contributed by atoms with van der Waals surface area (Å²) in [4.78, 5) is 25.9. The van der Waals surface area contributed by atoms with E-state index in [0.717, 1.165) is 27.9 Å². The molecule has 0 bridgehead atoms. The van der Waals surface area contributed by atoms with E-state index in [1.54, 1.807) is 19.0 Å². The first-order chi connectivity index (χ1) is 16.3. The number of fused-ring (bicyclic) bond motifs is 2. The SMILES string of the molecule is CN(C)C(=N)NCCC[C@H](NCc1ccc2c(c1)CO/C2=C1/C(=O)Nc2ccccc21)C(=O)O. The topological polar surface area (TPSA) is 127 Å². The molecule has 1 amide bonds.